The third-order valence-corrected chi connectivity index (χ3v) is 6.86. The molecule has 7 atom stereocenters. The molecule has 6 N–H and O–H groups in total. The van der Waals surface area contributed by atoms with E-state index >= 15 is 0 Å². The molecule has 0 aromatic heterocycles. The van der Waals surface area contributed by atoms with Crippen LogP contribution in [0.25, 0.3) is 6.08 Å². The van der Waals surface area contributed by atoms with Crippen LogP contribution in [0.2, 0.25) is 0 Å². The fourth-order valence-electron chi connectivity index (χ4n) is 4.87. The monoisotopic (exact) mass is 518 g/mol. The largest absolute Gasteiger partial charge is 0.504 e. The number of fused-ring (bicyclic) bond motifs is 1. The fourth-order valence-corrected chi connectivity index (χ4v) is 4.87. The number of phenolic OH excluding ortho intramolecular Hbond substituents is 2. The molecule has 1 fully saturated rings. The minimum atomic E-state index is -1.62. The van der Waals surface area contributed by atoms with Crippen molar-refractivity contribution in [2.45, 2.75) is 36.6 Å². The molecule has 2 aromatic carbocycles. The Bertz CT molecular complexity index is 1160. The highest BCUT2D eigenvalue weighted by Crippen LogP contribution is 2.47. The van der Waals surface area contributed by atoms with Crippen molar-refractivity contribution in [3.63, 3.8) is 0 Å². The van der Waals surface area contributed by atoms with Crippen LogP contribution >= 0.6 is 0 Å². The zero-order valence-electron chi connectivity index (χ0n) is 20.2. The molecular formula is C26H30O11. The van der Waals surface area contributed by atoms with Crippen molar-refractivity contribution in [2.75, 3.05) is 27.4 Å². The van der Waals surface area contributed by atoms with Gasteiger partial charge in [0.05, 0.1) is 27.4 Å². The Kier molecular flexibility index (Phi) is 8.02. The first-order valence-electron chi connectivity index (χ1n) is 11.6. The smallest absolute Gasteiger partial charge is 0.186 e. The van der Waals surface area contributed by atoms with Gasteiger partial charge in [-0.15, -0.1) is 0 Å². The van der Waals surface area contributed by atoms with Gasteiger partial charge >= 0.3 is 0 Å². The Labute approximate surface area is 212 Å². The number of rotatable bonds is 8. The van der Waals surface area contributed by atoms with Crippen molar-refractivity contribution < 1.29 is 54.4 Å². The maximum Gasteiger partial charge on any atom is 0.186 e. The average Bonchev–Trinajstić information content (AvgIpc) is 2.90. The van der Waals surface area contributed by atoms with Crippen LogP contribution in [0.3, 0.4) is 0 Å². The van der Waals surface area contributed by atoms with Gasteiger partial charge in [0.15, 0.2) is 29.3 Å². The number of ether oxygens (including phenoxy) is 4. The van der Waals surface area contributed by atoms with Crippen LogP contribution in [0, 0.1) is 5.92 Å². The van der Waals surface area contributed by atoms with E-state index in [1.165, 1.54) is 26.4 Å². The summed E-state index contributed by atoms with van der Waals surface area (Å²) in [4.78, 5) is 12.2. The minimum absolute atomic E-state index is 0.0832. The third kappa shape index (κ3) is 5.01. The molecule has 1 aliphatic heterocycles. The predicted molar refractivity (Wildman–Crippen MR) is 128 cm³/mol. The number of carbonyl (C=O) groups is 1. The van der Waals surface area contributed by atoms with E-state index in [2.05, 4.69) is 0 Å². The van der Waals surface area contributed by atoms with Gasteiger partial charge in [-0.2, -0.15) is 0 Å². The first kappa shape index (κ1) is 26.9. The van der Waals surface area contributed by atoms with E-state index in [1.807, 2.05) is 0 Å². The molecule has 2 aliphatic rings. The molecule has 200 valence electrons. The van der Waals surface area contributed by atoms with Gasteiger partial charge in [-0.05, 0) is 52.6 Å². The van der Waals surface area contributed by atoms with Crippen molar-refractivity contribution in [3.8, 4) is 23.0 Å². The molecule has 4 rings (SSSR count). The highest BCUT2D eigenvalue weighted by molar-refractivity contribution is 5.86. The van der Waals surface area contributed by atoms with E-state index < -0.39 is 49.1 Å². The van der Waals surface area contributed by atoms with Crippen molar-refractivity contribution in [2.24, 2.45) is 5.92 Å². The zero-order chi connectivity index (χ0) is 26.9. The second-order valence-corrected chi connectivity index (χ2v) is 8.96. The standard InChI is InChI=1S/C26H30O11/c1-34-19-6-12(3-4-17(19)29)22-15-8-18(30)20(35-2)7-13(15)5-14(9-27)16(22)11-36-26-25(33)24(32)23(31)21(10-28)37-26/h3-9,16,21-26,28-33H,10-11H2,1-2H3/t16-,21+,22-,23+,24-,25+,26?/m0/s1. The lowest BCUT2D eigenvalue weighted by Crippen LogP contribution is -2.59. The average molecular weight is 519 g/mol. The SMILES string of the molecule is COc1cc([C@H]2c3cc(O)c(OC)cc3C=C(C=O)[C@@H]2COC2O[C@H](CO)[C@@H](O)[C@H](O)[C@H]2O)ccc1O. The fraction of sp³-hybridized carbons (Fsp3) is 0.423. The number of carbonyl (C=O) groups excluding carboxylic acids is 1. The number of methoxy groups -OCH3 is 2. The molecule has 11 nitrogen and oxygen atoms in total. The molecule has 0 spiro atoms. The molecular weight excluding hydrogens is 488 g/mol. The second-order valence-electron chi connectivity index (χ2n) is 8.96. The lowest BCUT2D eigenvalue weighted by atomic mass is 9.72. The van der Waals surface area contributed by atoms with E-state index in [0.717, 1.165) is 0 Å². The molecule has 0 saturated carbocycles. The van der Waals surface area contributed by atoms with Gasteiger partial charge in [-0.1, -0.05) is 6.07 Å². The Hall–Kier alpha value is -3.19. The lowest BCUT2D eigenvalue weighted by molar-refractivity contribution is -0.302. The molecule has 0 bridgehead atoms. The molecule has 0 amide bonds. The number of aliphatic hydroxyl groups is 4. The zero-order valence-corrected chi connectivity index (χ0v) is 20.2. The summed E-state index contributed by atoms with van der Waals surface area (Å²) in [6, 6.07) is 7.85. The van der Waals surface area contributed by atoms with Gasteiger partial charge in [0.2, 0.25) is 0 Å². The van der Waals surface area contributed by atoms with Gasteiger partial charge in [0.25, 0.3) is 0 Å². The summed E-state index contributed by atoms with van der Waals surface area (Å²) in [6.45, 7) is -0.800. The molecule has 1 aliphatic carbocycles. The van der Waals surface area contributed by atoms with Crippen molar-refractivity contribution in [1.29, 1.82) is 0 Å². The second kappa shape index (κ2) is 11.1. The van der Waals surface area contributed by atoms with Crippen molar-refractivity contribution in [1.82, 2.24) is 0 Å². The summed E-state index contributed by atoms with van der Waals surface area (Å²) < 4.78 is 21.8. The maximum absolute atomic E-state index is 12.2. The van der Waals surface area contributed by atoms with E-state index in [9.17, 15) is 35.4 Å². The first-order valence-corrected chi connectivity index (χ1v) is 11.6. The van der Waals surface area contributed by atoms with Gasteiger partial charge in [0.1, 0.15) is 30.7 Å². The van der Waals surface area contributed by atoms with Gasteiger partial charge in [-0.25, -0.2) is 0 Å². The molecule has 0 radical (unpaired) electrons. The van der Waals surface area contributed by atoms with Gasteiger partial charge in [0, 0.05) is 11.8 Å². The molecule has 37 heavy (non-hydrogen) atoms. The maximum atomic E-state index is 12.2. The number of phenols is 2. The number of aromatic hydroxyl groups is 2. The van der Waals surface area contributed by atoms with Crippen LogP contribution in [-0.4, -0.2) is 95.1 Å². The Morgan fingerprint density at radius 1 is 0.946 bits per heavy atom. The topological polar surface area (TPSA) is 175 Å². The quantitative estimate of drug-likeness (QED) is 0.265. The van der Waals surface area contributed by atoms with E-state index in [1.54, 1.807) is 24.3 Å². The van der Waals surface area contributed by atoms with Crippen LogP contribution in [0.15, 0.2) is 35.9 Å². The molecule has 1 unspecified atom stereocenters. The van der Waals surface area contributed by atoms with E-state index in [0.29, 0.717) is 28.5 Å². The summed E-state index contributed by atoms with van der Waals surface area (Å²) in [5.41, 5.74) is 2.23. The lowest BCUT2D eigenvalue weighted by Gasteiger charge is -2.41. The van der Waals surface area contributed by atoms with Crippen molar-refractivity contribution >= 4 is 12.4 Å². The van der Waals surface area contributed by atoms with Crippen LogP contribution in [-0.2, 0) is 14.3 Å². The van der Waals surface area contributed by atoms with Gasteiger partial charge in [-0.3, -0.25) is 4.79 Å². The van der Waals surface area contributed by atoms with Crippen molar-refractivity contribution in [3.05, 3.63) is 52.6 Å². The number of hydrogen-bond acceptors (Lipinski definition) is 11. The van der Waals surface area contributed by atoms with E-state index in [4.69, 9.17) is 18.9 Å². The van der Waals surface area contributed by atoms with Crippen LogP contribution < -0.4 is 9.47 Å². The predicted octanol–water partition coefficient (Wildman–Crippen LogP) is 0.275. The van der Waals surface area contributed by atoms with Gasteiger partial charge < -0.3 is 49.6 Å². The normalized spacial score (nSPS) is 29.2. The minimum Gasteiger partial charge on any atom is -0.504 e. The Balaban J connectivity index is 1.75. The highest BCUT2D eigenvalue weighted by Gasteiger charge is 2.45. The summed E-state index contributed by atoms with van der Waals surface area (Å²) in [5.74, 6) is -1.03. The third-order valence-electron chi connectivity index (χ3n) is 6.86. The highest BCUT2D eigenvalue weighted by atomic mass is 16.7. The molecule has 1 saturated heterocycles. The molecule has 1 heterocycles. The Morgan fingerprint density at radius 2 is 1.65 bits per heavy atom. The van der Waals surface area contributed by atoms with Crippen LogP contribution in [0.4, 0.5) is 0 Å². The summed E-state index contributed by atoms with van der Waals surface area (Å²) in [5, 5.41) is 60.7. The van der Waals surface area contributed by atoms with Crippen LogP contribution in [0.1, 0.15) is 22.6 Å². The number of benzene rings is 2. The summed E-state index contributed by atoms with van der Waals surface area (Å²) in [7, 11) is 2.81. The summed E-state index contributed by atoms with van der Waals surface area (Å²) in [6.07, 6.45) is -5.01. The Morgan fingerprint density at radius 3 is 2.30 bits per heavy atom. The number of hydrogen-bond donors (Lipinski definition) is 6. The first-order chi connectivity index (χ1) is 17.7. The number of aliphatic hydroxyl groups excluding tert-OH is 4. The van der Waals surface area contributed by atoms with E-state index in [-0.39, 0.29) is 29.6 Å². The number of aldehydes is 1. The molecule has 11 heteroatoms. The molecule has 2 aromatic rings. The van der Waals surface area contributed by atoms with Crippen LogP contribution in [0.5, 0.6) is 23.0 Å². The summed E-state index contributed by atoms with van der Waals surface area (Å²) >= 11 is 0.